The summed E-state index contributed by atoms with van der Waals surface area (Å²) in [6.45, 7) is 15.2. The Labute approximate surface area is 122 Å². The summed E-state index contributed by atoms with van der Waals surface area (Å²) in [7, 11) is 0. The molecule has 0 aromatic carbocycles. The third-order valence-electron chi connectivity index (χ3n) is 2.82. The highest BCUT2D eigenvalue weighted by Gasteiger charge is 2.36. The van der Waals surface area contributed by atoms with Gasteiger partial charge in [-0.15, -0.1) is 6.58 Å². The van der Waals surface area contributed by atoms with E-state index >= 15 is 0 Å². The van der Waals surface area contributed by atoms with Crippen molar-refractivity contribution in [1.82, 2.24) is 0 Å². The lowest BCUT2D eigenvalue weighted by Crippen LogP contribution is -2.45. The number of hydrogen-bond acceptors (Lipinski definition) is 4. The van der Waals surface area contributed by atoms with Gasteiger partial charge in [-0.25, -0.2) is 0 Å². The summed E-state index contributed by atoms with van der Waals surface area (Å²) in [6, 6.07) is 0. The maximum absolute atomic E-state index is 11.9. The molecule has 2 atom stereocenters. The Balaban J connectivity index is 2.60. The highest BCUT2D eigenvalue weighted by atomic mass is 16.7. The van der Waals surface area contributed by atoms with E-state index < -0.39 is 11.4 Å². The number of rotatable bonds is 4. The van der Waals surface area contributed by atoms with Gasteiger partial charge in [0.05, 0.1) is 18.6 Å². The summed E-state index contributed by atoms with van der Waals surface area (Å²) >= 11 is 0. The number of carbonyl (C=O) groups is 1. The van der Waals surface area contributed by atoms with Crippen LogP contribution in [0.2, 0.25) is 0 Å². The fraction of sp³-hybridized carbons (Fsp3) is 0.812. The van der Waals surface area contributed by atoms with Gasteiger partial charge in [-0.1, -0.05) is 5.57 Å². The third kappa shape index (κ3) is 6.53. The highest BCUT2D eigenvalue weighted by molar-refractivity contribution is 5.70. The molecule has 1 fully saturated rings. The van der Waals surface area contributed by atoms with Gasteiger partial charge < -0.3 is 14.2 Å². The highest BCUT2D eigenvalue weighted by Crippen LogP contribution is 2.31. The van der Waals surface area contributed by atoms with Crippen molar-refractivity contribution in [3.05, 3.63) is 12.2 Å². The molecule has 1 rings (SSSR count). The van der Waals surface area contributed by atoms with Gasteiger partial charge in [-0.2, -0.15) is 0 Å². The molecule has 4 heteroatoms. The maximum atomic E-state index is 11.9. The Morgan fingerprint density at radius 1 is 1.25 bits per heavy atom. The standard InChI is InChI=1S/C16H28O4/c1-11(2)8-12-9-13(19-16(6,7)18-12)10-14(17)20-15(3,4)5/h12-13H,1,8-10H2,2-7H3/t12-,13-/m1/s1. The van der Waals surface area contributed by atoms with Gasteiger partial charge in [-0.3, -0.25) is 4.79 Å². The molecule has 0 aromatic heterocycles. The fourth-order valence-electron chi connectivity index (χ4n) is 2.43. The topological polar surface area (TPSA) is 44.8 Å². The lowest BCUT2D eigenvalue weighted by atomic mass is 10.0. The molecule has 116 valence electrons. The molecular formula is C16H28O4. The van der Waals surface area contributed by atoms with E-state index in [1.165, 1.54) is 0 Å². The van der Waals surface area contributed by atoms with Crippen LogP contribution in [0.4, 0.5) is 0 Å². The van der Waals surface area contributed by atoms with E-state index in [0.29, 0.717) is 6.42 Å². The molecule has 1 aliphatic rings. The summed E-state index contributed by atoms with van der Waals surface area (Å²) in [5.74, 6) is -0.903. The van der Waals surface area contributed by atoms with Crippen LogP contribution in [0.1, 0.15) is 60.8 Å². The minimum Gasteiger partial charge on any atom is -0.460 e. The second-order valence-corrected chi connectivity index (χ2v) is 7.07. The van der Waals surface area contributed by atoms with Gasteiger partial charge in [0.25, 0.3) is 0 Å². The largest absolute Gasteiger partial charge is 0.460 e. The van der Waals surface area contributed by atoms with Crippen LogP contribution in [0, 0.1) is 0 Å². The van der Waals surface area contributed by atoms with Crippen molar-refractivity contribution in [3.63, 3.8) is 0 Å². The molecule has 0 saturated carbocycles. The molecule has 0 bridgehead atoms. The van der Waals surface area contributed by atoms with Crippen LogP contribution in [0.5, 0.6) is 0 Å². The Bertz CT molecular complexity index is 365. The van der Waals surface area contributed by atoms with Crippen molar-refractivity contribution in [2.24, 2.45) is 0 Å². The summed E-state index contributed by atoms with van der Waals surface area (Å²) < 4.78 is 17.0. The summed E-state index contributed by atoms with van der Waals surface area (Å²) in [6.07, 6.45) is 1.62. The normalized spacial score (nSPS) is 26.1. The van der Waals surface area contributed by atoms with E-state index in [2.05, 4.69) is 6.58 Å². The van der Waals surface area contributed by atoms with Crippen molar-refractivity contribution < 1.29 is 19.0 Å². The molecule has 0 aliphatic carbocycles. The molecule has 1 heterocycles. The maximum Gasteiger partial charge on any atom is 0.308 e. The van der Waals surface area contributed by atoms with Crippen LogP contribution in [0.25, 0.3) is 0 Å². The zero-order chi connectivity index (χ0) is 15.6. The Morgan fingerprint density at radius 2 is 1.75 bits per heavy atom. The van der Waals surface area contributed by atoms with E-state index in [1.54, 1.807) is 0 Å². The predicted molar refractivity (Wildman–Crippen MR) is 78.3 cm³/mol. The lowest BCUT2D eigenvalue weighted by molar-refractivity contribution is -0.299. The van der Waals surface area contributed by atoms with Crippen molar-refractivity contribution >= 4 is 5.97 Å². The van der Waals surface area contributed by atoms with E-state index in [1.807, 2.05) is 41.5 Å². The monoisotopic (exact) mass is 284 g/mol. The van der Waals surface area contributed by atoms with Crippen LogP contribution in [-0.2, 0) is 19.0 Å². The van der Waals surface area contributed by atoms with Gasteiger partial charge >= 0.3 is 5.97 Å². The molecule has 0 unspecified atom stereocenters. The second kappa shape index (κ2) is 6.27. The molecule has 0 aromatic rings. The van der Waals surface area contributed by atoms with Gasteiger partial charge in [-0.05, 0) is 48.0 Å². The summed E-state index contributed by atoms with van der Waals surface area (Å²) in [4.78, 5) is 11.9. The number of hydrogen-bond donors (Lipinski definition) is 0. The van der Waals surface area contributed by atoms with Crippen molar-refractivity contribution in [2.45, 2.75) is 84.4 Å². The smallest absolute Gasteiger partial charge is 0.308 e. The second-order valence-electron chi connectivity index (χ2n) is 7.07. The van der Waals surface area contributed by atoms with E-state index in [4.69, 9.17) is 14.2 Å². The van der Waals surface area contributed by atoms with Crippen LogP contribution in [-0.4, -0.2) is 29.6 Å². The van der Waals surface area contributed by atoms with Crippen LogP contribution >= 0.6 is 0 Å². The number of ether oxygens (including phenoxy) is 3. The van der Waals surface area contributed by atoms with Crippen LogP contribution in [0.3, 0.4) is 0 Å². The molecule has 1 saturated heterocycles. The zero-order valence-corrected chi connectivity index (χ0v) is 13.6. The lowest BCUT2D eigenvalue weighted by Gasteiger charge is -2.41. The zero-order valence-electron chi connectivity index (χ0n) is 13.6. The van der Waals surface area contributed by atoms with Crippen molar-refractivity contribution in [3.8, 4) is 0 Å². The van der Waals surface area contributed by atoms with E-state index in [9.17, 15) is 4.79 Å². The first-order valence-electron chi connectivity index (χ1n) is 7.19. The van der Waals surface area contributed by atoms with E-state index in [-0.39, 0.29) is 24.6 Å². The quantitative estimate of drug-likeness (QED) is 0.584. The Hall–Kier alpha value is -0.870. The van der Waals surface area contributed by atoms with Gasteiger partial charge in [0.15, 0.2) is 5.79 Å². The first kappa shape index (κ1) is 17.2. The third-order valence-corrected chi connectivity index (χ3v) is 2.82. The fourth-order valence-corrected chi connectivity index (χ4v) is 2.43. The number of esters is 1. The van der Waals surface area contributed by atoms with Crippen molar-refractivity contribution in [1.29, 1.82) is 0 Å². The molecular weight excluding hydrogens is 256 g/mol. The average Bonchev–Trinajstić information content (AvgIpc) is 2.08. The molecule has 20 heavy (non-hydrogen) atoms. The number of carbonyl (C=O) groups excluding carboxylic acids is 1. The molecule has 1 aliphatic heterocycles. The predicted octanol–water partition coefficient (Wildman–Crippen LogP) is 3.59. The molecule has 0 spiro atoms. The SMILES string of the molecule is C=C(C)C[C@@H]1C[C@H](CC(=O)OC(C)(C)C)OC(C)(C)O1. The molecule has 0 amide bonds. The summed E-state index contributed by atoms with van der Waals surface area (Å²) in [5.41, 5.74) is 0.609. The Morgan fingerprint density at radius 3 is 2.20 bits per heavy atom. The van der Waals surface area contributed by atoms with Gasteiger partial charge in [0.2, 0.25) is 0 Å². The first-order valence-corrected chi connectivity index (χ1v) is 7.19. The molecule has 0 radical (unpaired) electrons. The Kier molecular flexibility index (Phi) is 5.39. The minimum absolute atomic E-state index is 0.0451. The van der Waals surface area contributed by atoms with E-state index in [0.717, 1.165) is 12.0 Å². The molecule has 4 nitrogen and oxygen atoms in total. The minimum atomic E-state index is -0.676. The van der Waals surface area contributed by atoms with Crippen LogP contribution < -0.4 is 0 Å². The van der Waals surface area contributed by atoms with Gasteiger partial charge in [0.1, 0.15) is 5.60 Å². The average molecular weight is 284 g/mol. The van der Waals surface area contributed by atoms with Gasteiger partial charge in [0, 0.05) is 6.42 Å². The molecule has 0 N–H and O–H groups in total. The van der Waals surface area contributed by atoms with Crippen molar-refractivity contribution in [2.75, 3.05) is 0 Å². The first-order chi connectivity index (χ1) is 8.97. The summed E-state index contributed by atoms with van der Waals surface area (Å²) in [5, 5.41) is 0. The van der Waals surface area contributed by atoms with Crippen LogP contribution in [0.15, 0.2) is 12.2 Å².